The number of aliphatic hydroxyl groups is 1. The zero-order chi connectivity index (χ0) is 19.3. The fraction of sp³-hybridized carbons (Fsp3) is 0.136. The Balaban J connectivity index is 1.64. The molecule has 28 heavy (non-hydrogen) atoms. The number of hydrogen-bond donors (Lipinski definition) is 2. The minimum Gasteiger partial charge on any atom is -0.463 e. The highest BCUT2D eigenvalue weighted by Gasteiger charge is 2.14. The van der Waals surface area contributed by atoms with Gasteiger partial charge in [-0.2, -0.15) is 5.10 Å². The van der Waals surface area contributed by atoms with E-state index in [1.165, 1.54) is 12.1 Å². The Morgan fingerprint density at radius 1 is 1.04 bits per heavy atom. The minimum absolute atomic E-state index is 0.0752. The molecule has 0 aliphatic heterocycles. The van der Waals surface area contributed by atoms with Gasteiger partial charge >= 0.3 is 0 Å². The monoisotopic (exact) mass is 377 g/mol. The molecular formula is C22H20FN3O2. The Morgan fingerprint density at radius 2 is 1.89 bits per heavy atom. The summed E-state index contributed by atoms with van der Waals surface area (Å²) in [5, 5.41) is 16.8. The van der Waals surface area contributed by atoms with Crippen molar-refractivity contribution in [2.24, 2.45) is 0 Å². The van der Waals surface area contributed by atoms with Crippen LogP contribution < -0.4 is 5.32 Å². The molecule has 5 nitrogen and oxygen atoms in total. The van der Waals surface area contributed by atoms with Gasteiger partial charge < -0.3 is 14.8 Å². The van der Waals surface area contributed by atoms with Crippen LogP contribution in [0.2, 0.25) is 0 Å². The second-order valence-corrected chi connectivity index (χ2v) is 6.38. The lowest BCUT2D eigenvalue weighted by Gasteiger charge is -2.05. The minimum atomic E-state index is -0.253. The van der Waals surface area contributed by atoms with Crippen molar-refractivity contribution < 1.29 is 13.9 Å². The van der Waals surface area contributed by atoms with E-state index in [1.807, 2.05) is 48.7 Å². The summed E-state index contributed by atoms with van der Waals surface area (Å²) in [7, 11) is 0. The SMILES string of the molecule is OCCNCc1cn(-c2ccc(-c3cccc(F)c3)cc2)nc1-c1ccco1. The molecule has 0 fully saturated rings. The van der Waals surface area contributed by atoms with Gasteiger partial charge in [0.25, 0.3) is 0 Å². The van der Waals surface area contributed by atoms with Crippen molar-refractivity contribution in [3.8, 4) is 28.3 Å². The summed E-state index contributed by atoms with van der Waals surface area (Å²) in [6.45, 7) is 1.15. The maximum Gasteiger partial charge on any atom is 0.154 e. The number of hydrogen-bond acceptors (Lipinski definition) is 4. The normalized spacial score (nSPS) is 11.1. The molecule has 4 rings (SSSR count). The van der Waals surface area contributed by atoms with Crippen molar-refractivity contribution in [1.82, 2.24) is 15.1 Å². The summed E-state index contributed by atoms with van der Waals surface area (Å²) in [6.07, 6.45) is 3.56. The molecule has 0 atom stereocenters. The van der Waals surface area contributed by atoms with E-state index >= 15 is 0 Å². The Bertz CT molecular complexity index is 1040. The summed E-state index contributed by atoms with van der Waals surface area (Å²) in [5.74, 6) is 0.438. The van der Waals surface area contributed by atoms with Crippen LogP contribution >= 0.6 is 0 Å². The van der Waals surface area contributed by atoms with Gasteiger partial charge in [-0.3, -0.25) is 0 Å². The predicted molar refractivity (Wildman–Crippen MR) is 105 cm³/mol. The second kappa shape index (κ2) is 8.21. The number of nitrogens with zero attached hydrogens (tertiary/aromatic N) is 2. The smallest absolute Gasteiger partial charge is 0.154 e. The van der Waals surface area contributed by atoms with E-state index in [9.17, 15) is 4.39 Å². The van der Waals surface area contributed by atoms with E-state index in [0.717, 1.165) is 28.1 Å². The van der Waals surface area contributed by atoms with E-state index in [2.05, 4.69) is 10.4 Å². The van der Waals surface area contributed by atoms with Crippen LogP contribution in [0.5, 0.6) is 0 Å². The topological polar surface area (TPSA) is 63.2 Å². The van der Waals surface area contributed by atoms with Crippen LogP contribution in [0.25, 0.3) is 28.3 Å². The Morgan fingerprint density at radius 3 is 2.61 bits per heavy atom. The quantitative estimate of drug-likeness (QED) is 0.478. The van der Waals surface area contributed by atoms with Crippen LogP contribution in [0, 0.1) is 5.82 Å². The molecule has 0 unspecified atom stereocenters. The second-order valence-electron chi connectivity index (χ2n) is 6.38. The van der Waals surface area contributed by atoms with Crippen molar-refractivity contribution in [1.29, 1.82) is 0 Å². The molecular weight excluding hydrogens is 357 g/mol. The third kappa shape index (κ3) is 3.88. The van der Waals surface area contributed by atoms with Crippen LogP contribution in [0.1, 0.15) is 5.56 Å². The summed E-state index contributed by atoms with van der Waals surface area (Å²) in [6, 6.07) is 18.0. The van der Waals surface area contributed by atoms with Crippen molar-refractivity contribution in [2.45, 2.75) is 6.54 Å². The number of benzene rings is 2. The lowest BCUT2D eigenvalue weighted by atomic mass is 10.1. The zero-order valence-electron chi connectivity index (χ0n) is 15.2. The lowest BCUT2D eigenvalue weighted by Crippen LogP contribution is -2.17. The van der Waals surface area contributed by atoms with Crippen LogP contribution in [-0.4, -0.2) is 28.0 Å². The molecule has 0 radical (unpaired) electrons. The van der Waals surface area contributed by atoms with Crippen molar-refractivity contribution >= 4 is 0 Å². The highest BCUT2D eigenvalue weighted by atomic mass is 19.1. The number of rotatable bonds is 7. The Labute approximate surface area is 162 Å². The average molecular weight is 377 g/mol. The van der Waals surface area contributed by atoms with Crippen molar-refractivity contribution in [3.05, 3.63) is 84.5 Å². The van der Waals surface area contributed by atoms with E-state index in [4.69, 9.17) is 9.52 Å². The predicted octanol–water partition coefficient (Wildman–Crippen LogP) is 4.02. The van der Waals surface area contributed by atoms with Gasteiger partial charge in [-0.05, 0) is 47.5 Å². The van der Waals surface area contributed by atoms with Gasteiger partial charge in [-0.25, -0.2) is 9.07 Å². The Hall–Kier alpha value is -3.22. The zero-order valence-corrected chi connectivity index (χ0v) is 15.2. The van der Waals surface area contributed by atoms with Gasteiger partial charge in [0.05, 0.1) is 18.6 Å². The molecule has 142 valence electrons. The molecule has 2 heterocycles. The number of aromatic nitrogens is 2. The molecule has 4 aromatic rings. The van der Waals surface area contributed by atoms with E-state index < -0.39 is 0 Å². The number of nitrogens with one attached hydrogen (secondary N) is 1. The van der Waals surface area contributed by atoms with Gasteiger partial charge in [0.2, 0.25) is 0 Å². The van der Waals surface area contributed by atoms with E-state index in [1.54, 1.807) is 17.0 Å². The molecule has 0 spiro atoms. The molecule has 0 saturated heterocycles. The maximum atomic E-state index is 13.5. The highest BCUT2D eigenvalue weighted by molar-refractivity contribution is 5.65. The van der Waals surface area contributed by atoms with Crippen molar-refractivity contribution in [2.75, 3.05) is 13.2 Å². The van der Waals surface area contributed by atoms with E-state index in [-0.39, 0.29) is 12.4 Å². The first kappa shape index (κ1) is 18.2. The summed E-state index contributed by atoms with van der Waals surface area (Å²) >= 11 is 0. The van der Waals surface area contributed by atoms with Crippen molar-refractivity contribution in [3.63, 3.8) is 0 Å². The number of furan rings is 1. The summed E-state index contributed by atoms with van der Waals surface area (Å²) < 4.78 is 20.8. The molecule has 0 aliphatic carbocycles. The molecule has 6 heteroatoms. The first-order valence-corrected chi connectivity index (χ1v) is 9.05. The molecule has 0 bridgehead atoms. The fourth-order valence-electron chi connectivity index (χ4n) is 3.07. The lowest BCUT2D eigenvalue weighted by molar-refractivity contribution is 0.292. The third-order valence-electron chi connectivity index (χ3n) is 4.44. The molecule has 2 N–H and O–H groups in total. The van der Waals surface area contributed by atoms with Gasteiger partial charge in [0.1, 0.15) is 11.5 Å². The molecule has 2 aromatic heterocycles. The van der Waals surface area contributed by atoms with Crippen LogP contribution in [-0.2, 0) is 6.54 Å². The third-order valence-corrected chi connectivity index (χ3v) is 4.44. The molecule has 0 aliphatic rings. The largest absolute Gasteiger partial charge is 0.463 e. The first-order valence-electron chi connectivity index (χ1n) is 9.05. The van der Waals surface area contributed by atoms with Gasteiger partial charge in [0.15, 0.2) is 5.76 Å². The van der Waals surface area contributed by atoms with Crippen LogP contribution in [0.3, 0.4) is 0 Å². The highest BCUT2D eigenvalue weighted by Crippen LogP contribution is 2.26. The summed E-state index contributed by atoms with van der Waals surface area (Å²) in [4.78, 5) is 0. The first-order chi connectivity index (χ1) is 13.7. The summed E-state index contributed by atoms with van der Waals surface area (Å²) in [5.41, 5.74) is 4.38. The average Bonchev–Trinajstić information content (AvgIpc) is 3.38. The fourth-order valence-corrected chi connectivity index (χ4v) is 3.07. The number of halogens is 1. The van der Waals surface area contributed by atoms with E-state index in [0.29, 0.717) is 18.8 Å². The Kier molecular flexibility index (Phi) is 5.32. The van der Waals surface area contributed by atoms with Gasteiger partial charge in [-0.1, -0.05) is 24.3 Å². The van der Waals surface area contributed by atoms with Gasteiger partial charge in [0, 0.05) is 24.8 Å². The number of aliphatic hydroxyl groups excluding tert-OH is 1. The molecule has 2 aromatic carbocycles. The maximum absolute atomic E-state index is 13.5. The molecule has 0 saturated carbocycles. The van der Waals surface area contributed by atoms with Crippen LogP contribution in [0.4, 0.5) is 4.39 Å². The molecule has 0 amide bonds. The van der Waals surface area contributed by atoms with Gasteiger partial charge in [-0.15, -0.1) is 0 Å². The van der Waals surface area contributed by atoms with Crippen LogP contribution in [0.15, 0.2) is 77.5 Å². The standard InChI is InChI=1S/C22H20FN3O2/c23-19-4-1-3-17(13-19)16-6-8-20(9-7-16)26-15-18(14-24-10-11-27)22(25-26)21-5-2-12-28-21/h1-9,12-13,15,24,27H,10-11,14H2.